The van der Waals surface area contributed by atoms with Gasteiger partial charge in [0.1, 0.15) is 5.75 Å². The fraction of sp³-hybridized carbons (Fsp3) is 0.348. The van der Waals surface area contributed by atoms with Gasteiger partial charge in [0.25, 0.3) is 11.8 Å². The highest BCUT2D eigenvalue weighted by Crippen LogP contribution is 2.26. The number of hydrogen-bond donors (Lipinski definition) is 3. The van der Waals surface area contributed by atoms with Gasteiger partial charge in [0.05, 0.1) is 22.3 Å². The first-order valence-corrected chi connectivity index (χ1v) is 11.5. The van der Waals surface area contributed by atoms with E-state index >= 15 is 0 Å². The zero-order chi connectivity index (χ0) is 22.8. The number of carbonyl (C=O) groups is 2. The van der Waals surface area contributed by atoms with Gasteiger partial charge in [-0.1, -0.05) is 32.4 Å². The molecule has 31 heavy (non-hydrogen) atoms. The summed E-state index contributed by atoms with van der Waals surface area (Å²) >= 11 is 8.73. The molecule has 0 aromatic heterocycles. The third-order valence-corrected chi connectivity index (χ3v) is 5.41. The van der Waals surface area contributed by atoms with Crippen LogP contribution >= 0.6 is 28.1 Å². The van der Waals surface area contributed by atoms with Gasteiger partial charge in [0, 0.05) is 11.6 Å². The number of unbranched alkanes of at least 4 members (excludes halogenated alkanes) is 1. The van der Waals surface area contributed by atoms with E-state index in [0.717, 1.165) is 19.3 Å². The fourth-order valence-corrected chi connectivity index (χ4v) is 3.30. The minimum absolute atomic E-state index is 0.0552. The number of carbonyl (C=O) groups excluding carboxylic acids is 2. The molecule has 0 aliphatic rings. The highest BCUT2D eigenvalue weighted by Gasteiger charge is 2.15. The topological polar surface area (TPSA) is 79.5 Å². The van der Waals surface area contributed by atoms with Crippen LogP contribution in [0.5, 0.6) is 5.75 Å². The van der Waals surface area contributed by atoms with Gasteiger partial charge < -0.3 is 15.4 Å². The molecule has 6 nitrogen and oxygen atoms in total. The van der Waals surface area contributed by atoms with Crippen LogP contribution in [0, 0.1) is 0 Å². The Balaban J connectivity index is 2.02. The Kier molecular flexibility index (Phi) is 9.94. The van der Waals surface area contributed by atoms with Crippen LogP contribution in [0.3, 0.4) is 0 Å². The second kappa shape index (κ2) is 12.4. The van der Waals surface area contributed by atoms with Crippen LogP contribution in [0.25, 0.3) is 0 Å². The van der Waals surface area contributed by atoms with Crippen molar-refractivity contribution < 1.29 is 14.3 Å². The number of hydrogen-bond acceptors (Lipinski definition) is 4. The summed E-state index contributed by atoms with van der Waals surface area (Å²) in [4.78, 5) is 25.1. The Morgan fingerprint density at radius 1 is 1.13 bits per heavy atom. The molecule has 0 fully saturated rings. The molecule has 3 N–H and O–H groups in total. The maximum Gasteiger partial charge on any atom is 0.257 e. The Hall–Kier alpha value is -2.45. The molecule has 0 bridgehead atoms. The summed E-state index contributed by atoms with van der Waals surface area (Å²) in [5.41, 5.74) is 1.41. The van der Waals surface area contributed by atoms with Crippen LogP contribution in [0.2, 0.25) is 0 Å². The summed E-state index contributed by atoms with van der Waals surface area (Å²) in [6, 6.07) is 12.2. The van der Waals surface area contributed by atoms with Gasteiger partial charge in [-0.15, -0.1) is 0 Å². The predicted molar refractivity (Wildman–Crippen MR) is 132 cm³/mol. The molecule has 2 amide bonds. The minimum Gasteiger partial charge on any atom is -0.492 e. The van der Waals surface area contributed by atoms with Gasteiger partial charge in [0.15, 0.2) is 5.11 Å². The largest absolute Gasteiger partial charge is 0.492 e. The highest BCUT2D eigenvalue weighted by molar-refractivity contribution is 9.10. The standard InChI is InChI=1S/C23H28BrN3O3S/c1-4-6-13-30-20-12-11-16(14-18(20)24)21(28)27-23(31)26-19-10-8-7-9-17(19)22(29)25-15(3)5-2/h7-12,14-15H,4-6,13H2,1-3H3,(H,25,29)(H2,26,27,28,31). The van der Waals surface area contributed by atoms with Gasteiger partial charge in [-0.3, -0.25) is 14.9 Å². The Labute approximate surface area is 197 Å². The molecule has 2 rings (SSSR count). The van der Waals surface area contributed by atoms with Crippen molar-refractivity contribution >= 4 is 50.8 Å². The number of thiocarbonyl (C=S) groups is 1. The van der Waals surface area contributed by atoms with Crippen molar-refractivity contribution in [3.63, 3.8) is 0 Å². The summed E-state index contributed by atoms with van der Waals surface area (Å²) in [6.45, 7) is 6.66. The third kappa shape index (κ3) is 7.63. The Morgan fingerprint density at radius 3 is 2.55 bits per heavy atom. The summed E-state index contributed by atoms with van der Waals surface area (Å²) in [5, 5.41) is 8.63. The molecule has 2 aromatic rings. The average Bonchev–Trinajstić information content (AvgIpc) is 2.75. The van der Waals surface area contributed by atoms with Crippen molar-refractivity contribution in [3.05, 3.63) is 58.1 Å². The van der Waals surface area contributed by atoms with Crippen LogP contribution in [-0.4, -0.2) is 29.6 Å². The lowest BCUT2D eigenvalue weighted by Crippen LogP contribution is -2.36. The molecule has 166 valence electrons. The zero-order valence-electron chi connectivity index (χ0n) is 18.0. The van der Waals surface area contributed by atoms with Crippen molar-refractivity contribution in [1.29, 1.82) is 0 Å². The third-order valence-electron chi connectivity index (χ3n) is 4.59. The summed E-state index contributed by atoms with van der Waals surface area (Å²) in [5.74, 6) is 0.126. The molecule has 0 heterocycles. The first kappa shape index (κ1) is 24.8. The lowest BCUT2D eigenvalue weighted by Gasteiger charge is -2.16. The van der Waals surface area contributed by atoms with Gasteiger partial charge in [0.2, 0.25) is 0 Å². The van der Waals surface area contributed by atoms with E-state index in [4.69, 9.17) is 17.0 Å². The number of anilines is 1. The molecule has 0 spiro atoms. The number of rotatable bonds is 9. The number of para-hydroxylation sites is 1. The number of benzene rings is 2. The molecule has 0 saturated heterocycles. The second-order valence-corrected chi connectivity index (χ2v) is 8.35. The number of amides is 2. The molecular weight excluding hydrogens is 478 g/mol. The lowest BCUT2D eigenvalue weighted by atomic mass is 10.1. The van der Waals surface area contributed by atoms with Gasteiger partial charge in [-0.25, -0.2) is 0 Å². The van der Waals surface area contributed by atoms with E-state index in [1.165, 1.54) is 0 Å². The maximum absolute atomic E-state index is 12.6. The molecule has 0 aliphatic carbocycles. The van der Waals surface area contributed by atoms with Gasteiger partial charge in [-0.05, 0) is 78.2 Å². The number of ether oxygens (including phenoxy) is 1. The molecular formula is C23H28BrN3O3S. The van der Waals surface area contributed by atoms with E-state index in [1.54, 1.807) is 42.5 Å². The van der Waals surface area contributed by atoms with Crippen molar-refractivity contribution in [2.45, 2.75) is 46.1 Å². The average molecular weight is 506 g/mol. The summed E-state index contributed by atoms with van der Waals surface area (Å²) in [6.07, 6.45) is 2.84. The summed E-state index contributed by atoms with van der Waals surface area (Å²) < 4.78 is 6.38. The van der Waals surface area contributed by atoms with Crippen molar-refractivity contribution in [2.24, 2.45) is 0 Å². The van der Waals surface area contributed by atoms with Crippen LogP contribution < -0.4 is 20.7 Å². The molecule has 2 aromatic carbocycles. The van der Waals surface area contributed by atoms with Crippen molar-refractivity contribution in [2.75, 3.05) is 11.9 Å². The van der Waals surface area contributed by atoms with E-state index < -0.39 is 0 Å². The SMILES string of the molecule is CCCCOc1ccc(C(=O)NC(=S)Nc2ccccc2C(=O)NC(C)CC)cc1Br. The quantitative estimate of drug-likeness (QED) is 0.319. The molecule has 1 unspecified atom stereocenters. The molecule has 0 radical (unpaired) electrons. The summed E-state index contributed by atoms with van der Waals surface area (Å²) in [7, 11) is 0. The first-order valence-electron chi connectivity index (χ1n) is 10.3. The molecule has 0 aliphatic heterocycles. The van der Waals surface area contributed by atoms with Crippen molar-refractivity contribution in [1.82, 2.24) is 10.6 Å². The zero-order valence-corrected chi connectivity index (χ0v) is 20.4. The lowest BCUT2D eigenvalue weighted by molar-refractivity contribution is 0.0938. The van der Waals surface area contributed by atoms with Gasteiger partial charge >= 0.3 is 0 Å². The normalized spacial score (nSPS) is 11.4. The fourth-order valence-electron chi connectivity index (χ4n) is 2.61. The number of halogens is 1. The first-order chi connectivity index (χ1) is 14.8. The van der Waals surface area contributed by atoms with E-state index in [-0.39, 0.29) is 23.0 Å². The Morgan fingerprint density at radius 2 is 1.87 bits per heavy atom. The van der Waals surface area contributed by atoms with Gasteiger partial charge in [-0.2, -0.15) is 0 Å². The Bertz CT molecular complexity index is 936. The minimum atomic E-state index is -0.361. The van der Waals surface area contributed by atoms with Crippen molar-refractivity contribution in [3.8, 4) is 5.75 Å². The predicted octanol–water partition coefficient (Wildman–Crippen LogP) is 5.28. The van der Waals surface area contributed by atoms with Crippen LogP contribution in [0.1, 0.15) is 60.7 Å². The van der Waals surface area contributed by atoms with E-state index in [1.807, 2.05) is 13.8 Å². The van der Waals surface area contributed by atoms with E-state index in [9.17, 15) is 9.59 Å². The van der Waals surface area contributed by atoms with E-state index in [0.29, 0.717) is 33.6 Å². The highest BCUT2D eigenvalue weighted by atomic mass is 79.9. The maximum atomic E-state index is 12.6. The monoisotopic (exact) mass is 505 g/mol. The molecule has 1 atom stereocenters. The van der Waals surface area contributed by atoms with E-state index in [2.05, 4.69) is 38.8 Å². The molecule has 0 saturated carbocycles. The smallest absolute Gasteiger partial charge is 0.257 e. The van der Waals surface area contributed by atoms with Crippen LogP contribution in [0.4, 0.5) is 5.69 Å². The number of nitrogens with one attached hydrogen (secondary N) is 3. The van der Waals surface area contributed by atoms with Crippen LogP contribution in [0.15, 0.2) is 46.9 Å². The van der Waals surface area contributed by atoms with Crippen LogP contribution in [-0.2, 0) is 0 Å². The second-order valence-electron chi connectivity index (χ2n) is 7.08. The molecule has 8 heteroatoms.